The number of benzene rings is 3. The zero-order chi connectivity index (χ0) is 24.1. The Kier molecular flexibility index (Phi) is 7.16. The Balaban J connectivity index is 1.47. The summed E-state index contributed by atoms with van der Waals surface area (Å²) in [4.78, 5) is 12.7. The van der Waals surface area contributed by atoms with Crippen molar-refractivity contribution in [3.05, 3.63) is 88.4 Å². The summed E-state index contributed by atoms with van der Waals surface area (Å²) in [6.07, 6.45) is 1.22. The van der Waals surface area contributed by atoms with E-state index in [0.717, 1.165) is 5.56 Å². The topological polar surface area (TPSA) is 106 Å². The average Bonchev–Trinajstić information content (AvgIpc) is 3.26. The Bertz CT molecular complexity index is 1310. The normalized spacial score (nSPS) is 13.7. The van der Waals surface area contributed by atoms with Gasteiger partial charge in [0.25, 0.3) is 0 Å². The van der Waals surface area contributed by atoms with Crippen LogP contribution < -0.4 is 19.6 Å². The molecular weight excluding hydrogens is 478 g/mol. The Hall–Kier alpha value is -3.40. The van der Waals surface area contributed by atoms with E-state index in [4.69, 9.17) is 21.1 Å². The summed E-state index contributed by atoms with van der Waals surface area (Å²) in [5, 5.41) is 4.34. The van der Waals surface area contributed by atoms with E-state index in [0.29, 0.717) is 27.6 Å². The van der Waals surface area contributed by atoms with Crippen molar-refractivity contribution in [1.82, 2.24) is 10.1 Å². The van der Waals surface area contributed by atoms with Gasteiger partial charge in [-0.25, -0.2) is 18.6 Å². The summed E-state index contributed by atoms with van der Waals surface area (Å²) < 4.78 is 39.1. The predicted molar refractivity (Wildman–Crippen MR) is 129 cm³/mol. The van der Waals surface area contributed by atoms with E-state index < -0.39 is 22.0 Å². The molecule has 3 aromatic rings. The lowest BCUT2D eigenvalue weighted by atomic mass is 10.0. The number of halogens is 1. The summed E-state index contributed by atoms with van der Waals surface area (Å²) in [5.74, 6) is 0.596. The molecule has 1 atom stereocenters. The third kappa shape index (κ3) is 5.74. The number of sulfonamides is 1. The van der Waals surface area contributed by atoms with Crippen LogP contribution in [0.5, 0.6) is 11.5 Å². The van der Waals surface area contributed by atoms with Crippen LogP contribution >= 0.6 is 11.6 Å². The molecule has 0 aromatic heterocycles. The molecule has 0 spiro atoms. The lowest BCUT2D eigenvalue weighted by Crippen LogP contribution is -2.32. The first kappa shape index (κ1) is 23.7. The lowest BCUT2D eigenvalue weighted by molar-refractivity contribution is -0.121. The second-order valence-electron chi connectivity index (χ2n) is 7.62. The number of carbonyl (C=O) groups excluding carboxylic acids is 1. The van der Waals surface area contributed by atoms with Crippen LogP contribution in [0.1, 0.15) is 29.2 Å². The third-order valence-corrected chi connectivity index (χ3v) is 6.92. The van der Waals surface area contributed by atoms with Gasteiger partial charge in [0.15, 0.2) is 11.5 Å². The van der Waals surface area contributed by atoms with Crippen LogP contribution in [0.4, 0.5) is 0 Å². The highest BCUT2D eigenvalue weighted by Crippen LogP contribution is 2.36. The molecule has 4 rings (SSSR count). The van der Waals surface area contributed by atoms with Crippen LogP contribution in [0.15, 0.2) is 76.7 Å². The molecule has 1 aliphatic heterocycles. The number of rotatable bonds is 8. The zero-order valence-electron chi connectivity index (χ0n) is 18.2. The van der Waals surface area contributed by atoms with E-state index in [2.05, 4.69) is 15.2 Å². The number of ether oxygens (including phenoxy) is 2. The first-order valence-corrected chi connectivity index (χ1v) is 12.2. The second-order valence-corrected chi connectivity index (χ2v) is 9.74. The van der Waals surface area contributed by atoms with Gasteiger partial charge in [-0.05, 0) is 30.7 Å². The molecule has 1 heterocycles. The van der Waals surface area contributed by atoms with Crippen molar-refractivity contribution < 1.29 is 22.7 Å². The van der Waals surface area contributed by atoms with Crippen molar-refractivity contribution in [3.63, 3.8) is 0 Å². The van der Waals surface area contributed by atoms with Gasteiger partial charge in [0, 0.05) is 18.1 Å². The number of hydrogen-bond acceptors (Lipinski definition) is 6. The van der Waals surface area contributed by atoms with Crippen molar-refractivity contribution in [2.75, 3.05) is 6.79 Å². The van der Waals surface area contributed by atoms with Crippen molar-refractivity contribution in [1.29, 1.82) is 0 Å². The van der Waals surface area contributed by atoms with Gasteiger partial charge in [0.2, 0.25) is 22.7 Å². The highest BCUT2D eigenvalue weighted by atomic mass is 35.5. The van der Waals surface area contributed by atoms with Crippen LogP contribution in [0.3, 0.4) is 0 Å². The summed E-state index contributed by atoms with van der Waals surface area (Å²) in [6.45, 7) is 1.99. The number of nitrogens with one attached hydrogen (secondary N) is 2. The number of amides is 1. The molecule has 0 bridgehead atoms. The molecule has 0 unspecified atom stereocenters. The largest absolute Gasteiger partial charge is 0.454 e. The minimum atomic E-state index is -3.86. The third-order valence-electron chi connectivity index (χ3n) is 5.10. The van der Waals surface area contributed by atoms with Gasteiger partial charge >= 0.3 is 0 Å². The average molecular weight is 500 g/mol. The van der Waals surface area contributed by atoms with E-state index in [1.54, 1.807) is 48.5 Å². The first-order valence-electron chi connectivity index (χ1n) is 10.4. The summed E-state index contributed by atoms with van der Waals surface area (Å²) in [6, 6.07) is 17.8. The number of fused-ring (bicyclic) bond motifs is 1. The van der Waals surface area contributed by atoms with Gasteiger partial charge in [0.1, 0.15) is 0 Å². The minimum absolute atomic E-state index is 0.113. The standard InChI is InChI=1S/C24H22ClN3O5S/c1-16-7-9-19(10-8-16)34(30,31)28-21(17-5-3-2-4-6-17)13-24(29)27-26-14-18-11-22-23(12-20(18)25)33-15-32-22/h2-12,14,21,28H,13,15H2,1H3,(H,27,29)/b26-14-/t21-/m0/s1. The molecule has 0 fully saturated rings. The number of hydrogen-bond donors (Lipinski definition) is 2. The second kappa shape index (κ2) is 10.3. The van der Waals surface area contributed by atoms with Crippen molar-refractivity contribution >= 4 is 33.7 Å². The molecule has 10 heteroatoms. The Labute approximate surface area is 202 Å². The highest BCUT2D eigenvalue weighted by molar-refractivity contribution is 7.89. The van der Waals surface area contributed by atoms with Crippen LogP contribution in [-0.4, -0.2) is 27.3 Å². The van der Waals surface area contributed by atoms with Gasteiger partial charge in [-0.1, -0.05) is 59.6 Å². The number of carbonyl (C=O) groups is 1. The van der Waals surface area contributed by atoms with Crippen molar-refractivity contribution in [2.24, 2.45) is 5.10 Å². The monoisotopic (exact) mass is 499 g/mol. The van der Waals surface area contributed by atoms with Crippen molar-refractivity contribution in [2.45, 2.75) is 24.3 Å². The van der Waals surface area contributed by atoms with Gasteiger partial charge in [-0.3, -0.25) is 4.79 Å². The van der Waals surface area contributed by atoms with E-state index in [1.165, 1.54) is 18.3 Å². The Morgan fingerprint density at radius 1 is 1.09 bits per heavy atom. The smallest absolute Gasteiger partial charge is 0.242 e. The fraction of sp³-hybridized carbons (Fsp3) is 0.167. The molecule has 1 amide bonds. The Morgan fingerprint density at radius 2 is 1.76 bits per heavy atom. The maximum absolute atomic E-state index is 12.9. The number of hydrazone groups is 1. The molecular formula is C24H22ClN3O5S. The molecule has 0 saturated carbocycles. The predicted octanol–water partition coefficient (Wildman–Crippen LogP) is 3.94. The summed E-state index contributed by atoms with van der Waals surface area (Å²) in [7, 11) is -3.86. The van der Waals surface area contributed by atoms with E-state index in [1.807, 2.05) is 13.0 Å². The molecule has 0 radical (unpaired) electrons. The minimum Gasteiger partial charge on any atom is -0.454 e. The van der Waals surface area contributed by atoms with E-state index in [9.17, 15) is 13.2 Å². The molecule has 0 saturated heterocycles. The van der Waals surface area contributed by atoms with E-state index >= 15 is 0 Å². The first-order chi connectivity index (χ1) is 16.3. The molecule has 8 nitrogen and oxygen atoms in total. The van der Waals surface area contributed by atoms with E-state index in [-0.39, 0.29) is 18.1 Å². The molecule has 176 valence electrons. The molecule has 34 heavy (non-hydrogen) atoms. The SMILES string of the molecule is Cc1ccc(S(=O)(=O)N[C@@H](CC(=O)N/N=C\c2cc3c(cc2Cl)OCO3)c2ccccc2)cc1. The number of nitrogens with zero attached hydrogens (tertiary/aromatic N) is 1. The lowest BCUT2D eigenvalue weighted by Gasteiger charge is -2.18. The molecule has 0 aliphatic carbocycles. The van der Waals surface area contributed by atoms with Crippen LogP contribution in [0.25, 0.3) is 0 Å². The highest BCUT2D eigenvalue weighted by Gasteiger charge is 2.24. The summed E-state index contributed by atoms with van der Waals surface area (Å²) >= 11 is 6.21. The van der Waals surface area contributed by atoms with Crippen LogP contribution in [0, 0.1) is 6.92 Å². The van der Waals surface area contributed by atoms with Gasteiger partial charge in [-0.2, -0.15) is 5.10 Å². The van der Waals surface area contributed by atoms with Gasteiger partial charge < -0.3 is 9.47 Å². The molecule has 3 aromatic carbocycles. The van der Waals surface area contributed by atoms with Crippen LogP contribution in [-0.2, 0) is 14.8 Å². The summed E-state index contributed by atoms with van der Waals surface area (Å²) in [5.41, 5.74) is 4.55. The van der Waals surface area contributed by atoms with Gasteiger partial charge in [0.05, 0.1) is 22.2 Å². The van der Waals surface area contributed by atoms with Crippen LogP contribution in [0.2, 0.25) is 5.02 Å². The Morgan fingerprint density at radius 3 is 2.47 bits per heavy atom. The molecule has 1 aliphatic rings. The van der Waals surface area contributed by atoms with Gasteiger partial charge in [-0.15, -0.1) is 0 Å². The van der Waals surface area contributed by atoms with Crippen molar-refractivity contribution in [3.8, 4) is 11.5 Å². The maximum atomic E-state index is 12.9. The fourth-order valence-electron chi connectivity index (χ4n) is 3.32. The zero-order valence-corrected chi connectivity index (χ0v) is 19.8. The molecule has 2 N–H and O–H groups in total. The fourth-order valence-corrected chi connectivity index (χ4v) is 4.75. The number of aryl methyl sites for hydroxylation is 1. The maximum Gasteiger partial charge on any atom is 0.242 e. The quantitative estimate of drug-likeness (QED) is 0.361.